The number of rotatable bonds is 0. The Labute approximate surface area is 140 Å². The van der Waals surface area contributed by atoms with Crippen molar-refractivity contribution in [3.05, 3.63) is 41.5 Å². The van der Waals surface area contributed by atoms with Gasteiger partial charge in [0.1, 0.15) is 23.2 Å². The smallest absolute Gasteiger partial charge is 0.342 e. The fraction of sp³-hybridized carbons (Fsp3) is 0.389. The summed E-state index contributed by atoms with van der Waals surface area (Å²) in [4.78, 5) is 12.3. The van der Waals surface area contributed by atoms with Crippen molar-refractivity contribution in [2.75, 3.05) is 0 Å². The second-order valence-electron chi connectivity index (χ2n) is 5.85. The van der Waals surface area contributed by atoms with E-state index in [1.807, 2.05) is 0 Å². The first-order valence-electron chi connectivity index (χ1n) is 7.84. The lowest BCUT2D eigenvalue weighted by atomic mass is 10.0. The first kappa shape index (κ1) is 18.0. The van der Waals surface area contributed by atoms with E-state index in [9.17, 15) is 25.2 Å². The molecule has 1 aliphatic heterocycles. The van der Waals surface area contributed by atoms with Crippen molar-refractivity contribution >= 4 is 12.0 Å². The number of hydrogen-bond acceptors (Lipinski definition) is 6. The molecule has 1 heterocycles. The largest absolute Gasteiger partial charge is 0.508 e. The molecule has 0 radical (unpaired) electrons. The molecule has 130 valence electrons. The average molecular weight is 334 g/mol. The number of hydrogen-bond donors (Lipinski definition) is 4. The van der Waals surface area contributed by atoms with Crippen LogP contribution in [0.25, 0.3) is 6.08 Å². The highest BCUT2D eigenvalue weighted by atomic mass is 16.5. The molecule has 0 amide bonds. The molecule has 0 aliphatic carbocycles. The third-order valence-corrected chi connectivity index (χ3v) is 3.77. The van der Waals surface area contributed by atoms with Crippen molar-refractivity contribution in [1.82, 2.24) is 0 Å². The molecule has 1 aliphatic rings. The number of aliphatic hydroxyl groups is 2. The summed E-state index contributed by atoms with van der Waals surface area (Å²) in [5, 5.41) is 39.3. The summed E-state index contributed by atoms with van der Waals surface area (Å²) in [5.41, 5.74) is 0.310. The normalized spacial score (nSPS) is 28.3. The highest BCUT2D eigenvalue weighted by molar-refractivity contribution is 5.97. The van der Waals surface area contributed by atoms with E-state index in [4.69, 9.17) is 4.74 Å². The summed E-state index contributed by atoms with van der Waals surface area (Å²) in [6.45, 7) is 1.68. The molecule has 1 aromatic rings. The van der Waals surface area contributed by atoms with E-state index >= 15 is 0 Å². The van der Waals surface area contributed by atoms with Gasteiger partial charge in [-0.3, -0.25) is 0 Å². The van der Waals surface area contributed by atoms with Gasteiger partial charge in [0.25, 0.3) is 0 Å². The molecule has 0 bridgehead atoms. The van der Waals surface area contributed by atoms with Crippen molar-refractivity contribution in [2.24, 2.45) is 0 Å². The number of aliphatic hydroxyl groups excluding tert-OH is 2. The lowest BCUT2D eigenvalue weighted by molar-refractivity contribution is 0.0337. The minimum absolute atomic E-state index is 0.0162. The van der Waals surface area contributed by atoms with Gasteiger partial charge >= 0.3 is 5.97 Å². The number of fused-ring (bicyclic) bond motifs is 1. The van der Waals surface area contributed by atoms with Gasteiger partial charge in [0.2, 0.25) is 0 Å². The van der Waals surface area contributed by atoms with Crippen LogP contribution < -0.4 is 0 Å². The molecule has 6 heteroatoms. The van der Waals surface area contributed by atoms with E-state index in [2.05, 4.69) is 0 Å². The summed E-state index contributed by atoms with van der Waals surface area (Å²) in [6.07, 6.45) is 5.18. The second-order valence-corrected chi connectivity index (χ2v) is 5.85. The molecule has 0 saturated carbocycles. The van der Waals surface area contributed by atoms with Crippen molar-refractivity contribution in [2.45, 2.75) is 44.5 Å². The third kappa shape index (κ3) is 4.59. The van der Waals surface area contributed by atoms with Crippen LogP contribution in [0.15, 0.2) is 30.4 Å². The van der Waals surface area contributed by atoms with Crippen LogP contribution in [-0.4, -0.2) is 44.7 Å². The summed E-state index contributed by atoms with van der Waals surface area (Å²) in [5.74, 6) is -1.22. The predicted molar refractivity (Wildman–Crippen MR) is 88.7 cm³/mol. The second kappa shape index (κ2) is 7.99. The van der Waals surface area contributed by atoms with E-state index in [0.29, 0.717) is 24.8 Å². The van der Waals surface area contributed by atoms with Gasteiger partial charge in [-0.1, -0.05) is 24.3 Å². The molecule has 0 fully saturated rings. The van der Waals surface area contributed by atoms with E-state index in [1.54, 1.807) is 25.2 Å². The van der Waals surface area contributed by atoms with Crippen LogP contribution in [0.2, 0.25) is 0 Å². The predicted octanol–water partition coefficient (Wildman–Crippen LogP) is 2.12. The summed E-state index contributed by atoms with van der Waals surface area (Å²) in [6, 6.07) is 2.44. The molecule has 2 rings (SSSR count). The van der Waals surface area contributed by atoms with Gasteiger partial charge < -0.3 is 25.2 Å². The van der Waals surface area contributed by atoms with Crippen molar-refractivity contribution in [1.29, 1.82) is 0 Å². The third-order valence-electron chi connectivity index (χ3n) is 3.77. The zero-order valence-electron chi connectivity index (χ0n) is 13.4. The minimum atomic E-state index is -0.982. The highest BCUT2D eigenvalue weighted by Gasteiger charge is 2.20. The number of carbonyl (C=O) groups is 1. The maximum Gasteiger partial charge on any atom is 0.342 e. The maximum absolute atomic E-state index is 12.3. The summed E-state index contributed by atoms with van der Waals surface area (Å²) < 4.78 is 5.29. The first-order chi connectivity index (χ1) is 11.4. The van der Waals surface area contributed by atoms with Crippen LogP contribution in [0.4, 0.5) is 0 Å². The monoisotopic (exact) mass is 334 g/mol. The zero-order chi connectivity index (χ0) is 17.7. The fourth-order valence-electron chi connectivity index (χ4n) is 2.46. The number of cyclic esters (lactones) is 1. The van der Waals surface area contributed by atoms with Crippen LogP contribution in [0.3, 0.4) is 0 Å². The van der Waals surface area contributed by atoms with Gasteiger partial charge in [0.15, 0.2) is 0 Å². The fourth-order valence-corrected chi connectivity index (χ4v) is 2.46. The Morgan fingerprint density at radius 2 is 1.92 bits per heavy atom. The van der Waals surface area contributed by atoms with Gasteiger partial charge in [0, 0.05) is 12.5 Å². The molecule has 0 unspecified atom stereocenters. The number of benzene rings is 1. The van der Waals surface area contributed by atoms with Gasteiger partial charge in [0.05, 0.1) is 12.2 Å². The molecule has 3 atom stereocenters. The number of esters is 1. The number of aromatic hydroxyl groups is 2. The maximum atomic E-state index is 12.3. The molecule has 0 spiro atoms. The Balaban J connectivity index is 2.36. The van der Waals surface area contributed by atoms with E-state index in [0.717, 1.165) is 6.07 Å². The van der Waals surface area contributed by atoms with Gasteiger partial charge in [-0.05, 0) is 31.4 Å². The zero-order valence-corrected chi connectivity index (χ0v) is 13.4. The van der Waals surface area contributed by atoms with Crippen molar-refractivity contribution in [3.63, 3.8) is 0 Å². The lowest BCUT2D eigenvalue weighted by Gasteiger charge is -2.16. The quantitative estimate of drug-likeness (QED) is 0.428. The molecule has 4 N–H and O–H groups in total. The Hall–Kier alpha value is -2.31. The van der Waals surface area contributed by atoms with Crippen LogP contribution in [0.1, 0.15) is 42.1 Å². The van der Waals surface area contributed by atoms with Gasteiger partial charge in [-0.2, -0.15) is 0 Å². The number of carbonyl (C=O) groups excluding carboxylic acids is 1. The molecule has 0 aromatic heterocycles. The molecule has 0 saturated heterocycles. The van der Waals surface area contributed by atoms with Crippen LogP contribution >= 0.6 is 0 Å². The van der Waals surface area contributed by atoms with E-state index < -0.39 is 24.3 Å². The summed E-state index contributed by atoms with van der Waals surface area (Å²) in [7, 11) is 0. The number of phenolic OH excluding ortho intramolecular Hbond substituents is 2. The molecular formula is C18H22O6. The highest BCUT2D eigenvalue weighted by Crippen LogP contribution is 2.29. The van der Waals surface area contributed by atoms with Gasteiger partial charge in [-0.15, -0.1) is 0 Å². The standard InChI is InChI=1S/C18H22O6/c1-11-5-4-8-15(21)14(20)7-3-2-6-12-9-13(19)10-16(22)17(12)18(23)24-11/h2,4,6,8-11,14-15,19-22H,3,5,7H2,1H3/b6-2-,8-4+/t11-,14+,15-/m1/s1. The molecular weight excluding hydrogens is 312 g/mol. The lowest BCUT2D eigenvalue weighted by Crippen LogP contribution is -2.23. The Kier molecular flexibility index (Phi) is 6.00. The average Bonchev–Trinajstić information content (AvgIpc) is 2.49. The Morgan fingerprint density at radius 1 is 1.17 bits per heavy atom. The Bertz CT molecular complexity index is 649. The minimum Gasteiger partial charge on any atom is -0.508 e. The topological polar surface area (TPSA) is 107 Å². The van der Waals surface area contributed by atoms with Crippen LogP contribution in [-0.2, 0) is 4.74 Å². The Morgan fingerprint density at radius 3 is 2.67 bits per heavy atom. The molecule has 6 nitrogen and oxygen atoms in total. The number of allylic oxidation sites excluding steroid dienone is 1. The number of ether oxygens (including phenoxy) is 1. The molecule has 24 heavy (non-hydrogen) atoms. The van der Waals surface area contributed by atoms with E-state index in [-0.39, 0.29) is 17.1 Å². The van der Waals surface area contributed by atoms with Crippen molar-refractivity contribution in [3.8, 4) is 11.5 Å². The summed E-state index contributed by atoms with van der Waals surface area (Å²) >= 11 is 0. The van der Waals surface area contributed by atoms with E-state index in [1.165, 1.54) is 12.1 Å². The van der Waals surface area contributed by atoms with Crippen molar-refractivity contribution < 1.29 is 30.0 Å². The SMILES string of the molecule is C[C@@H]1C/C=C/[C@@H](O)[C@@H](O)CC/C=C\c2cc(O)cc(O)c2C(=O)O1. The van der Waals surface area contributed by atoms with Crippen LogP contribution in [0.5, 0.6) is 11.5 Å². The van der Waals surface area contributed by atoms with Crippen LogP contribution in [0, 0.1) is 0 Å². The molecule has 1 aromatic carbocycles. The first-order valence-corrected chi connectivity index (χ1v) is 7.84. The van der Waals surface area contributed by atoms with Gasteiger partial charge in [-0.25, -0.2) is 4.79 Å². The number of phenols is 2.